The number of rotatable bonds is 8. The normalized spacial score (nSPS) is 22.0. The van der Waals surface area contributed by atoms with Gasteiger partial charge in [-0.25, -0.2) is 0 Å². The van der Waals surface area contributed by atoms with Crippen LogP contribution in [0.4, 0.5) is 0 Å². The van der Waals surface area contributed by atoms with Crippen molar-refractivity contribution in [2.24, 2.45) is 0 Å². The van der Waals surface area contributed by atoms with Crippen LogP contribution in [0.15, 0.2) is 24.3 Å². The molecular weight excluding hydrogens is 301 g/mol. The van der Waals surface area contributed by atoms with Crippen LogP contribution in [0.1, 0.15) is 32.3 Å². The van der Waals surface area contributed by atoms with E-state index in [1.165, 1.54) is 0 Å². The quantitative estimate of drug-likeness (QED) is 0.740. The van der Waals surface area contributed by atoms with E-state index < -0.39 is 12.9 Å². The fourth-order valence-electron chi connectivity index (χ4n) is 2.98. The predicted molar refractivity (Wildman–Crippen MR) is 87.5 cm³/mol. The van der Waals surface area contributed by atoms with Gasteiger partial charge in [-0.3, -0.25) is 4.57 Å². The Morgan fingerprint density at radius 2 is 1.82 bits per heavy atom. The van der Waals surface area contributed by atoms with Crippen molar-refractivity contribution in [3.8, 4) is 5.75 Å². The van der Waals surface area contributed by atoms with E-state index in [4.69, 9.17) is 13.8 Å². The Balaban J connectivity index is 2.28. The first-order chi connectivity index (χ1) is 10.6. The summed E-state index contributed by atoms with van der Waals surface area (Å²) in [5.74, 6) is 0.815. The maximum absolute atomic E-state index is 13.3. The molecule has 0 saturated carbocycles. The van der Waals surface area contributed by atoms with Crippen molar-refractivity contribution in [2.75, 3.05) is 26.9 Å². The molecule has 6 heteroatoms. The first kappa shape index (κ1) is 17.5. The molecule has 124 valence electrons. The van der Waals surface area contributed by atoms with Gasteiger partial charge in [-0.1, -0.05) is 12.1 Å². The van der Waals surface area contributed by atoms with Gasteiger partial charge in [0.2, 0.25) is 0 Å². The molecule has 1 aliphatic rings. The molecule has 1 saturated heterocycles. The van der Waals surface area contributed by atoms with Gasteiger partial charge in [0.05, 0.1) is 20.3 Å². The Labute approximate surface area is 132 Å². The molecule has 0 amide bonds. The average Bonchev–Trinajstić information content (AvgIpc) is 2.99. The van der Waals surface area contributed by atoms with Crippen LogP contribution in [-0.4, -0.2) is 32.1 Å². The van der Waals surface area contributed by atoms with Gasteiger partial charge in [-0.15, -0.1) is 0 Å². The Bertz CT molecular complexity index is 501. The molecule has 0 bridgehead atoms. The Morgan fingerprint density at radius 3 is 2.27 bits per heavy atom. The number of methoxy groups -OCH3 is 1. The second-order valence-electron chi connectivity index (χ2n) is 5.42. The molecular formula is C16H26NO4P. The van der Waals surface area contributed by atoms with Gasteiger partial charge in [0, 0.05) is 6.42 Å². The van der Waals surface area contributed by atoms with Crippen LogP contribution in [-0.2, 0) is 20.0 Å². The molecule has 1 aromatic rings. The van der Waals surface area contributed by atoms with Crippen LogP contribution in [0.25, 0.3) is 0 Å². The lowest BCUT2D eigenvalue weighted by molar-refractivity contribution is 0.189. The Hall–Kier alpha value is -0.870. The summed E-state index contributed by atoms with van der Waals surface area (Å²) in [5.41, 5.74) is 1.09. The number of ether oxygens (including phenoxy) is 1. The molecule has 1 heterocycles. The molecule has 1 aromatic carbocycles. The van der Waals surface area contributed by atoms with Crippen LogP contribution in [0.3, 0.4) is 0 Å². The Morgan fingerprint density at radius 1 is 1.18 bits per heavy atom. The Kier molecular flexibility index (Phi) is 6.04. The summed E-state index contributed by atoms with van der Waals surface area (Å²) in [6, 6.07) is 7.85. The molecule has 0 aliphatic carbocycles. The lowest BCUT2D eigenvalue weighted by Crippen LogP contribution is -2.43. The van der Waals surface area contributed by atoms with Crippen LogP contribution < -0.4 is 10.1 Å². The largest absolute Gasteiger partial charge is 0.497 e. The zero-order chi connectivity index (χ0) is 16.1. The van der Waals surface area contributed by atoms with Crippen molar-refractivity contribution >= 4 is 7.60 Å². The topological polar surface area (TPSA) is 56.8 Å². The van der Waals surface area contributed by atoms with Gasteiger partial charge in [0.25, 0.3) is 0 Å². The van der Waals surface area contributed by atoms with Crippen molar-refractivity contribution in [1.82, 2.24) is 5.32 Å². The highest BCUT2D eigenvalue weighted by atomic mass is 31.2. The summed E-state index contributed by atoms with van der Waals surface area (Å²) in [6.45, 7) is 5.29. The van der Waals surface area contributed by atoms with E-state index >= 15 is 0 Å². The van der Waals surface area contributed by atoms with E-state index in [1.54, 1.807) is 7.11 Å². The first-order valence-corrected chi connectivity index (χ1v) is 9.40. The molecule has 2 rings (SSSR count). The minimum atomic E-state index is -3.22. The summed E-state index contributed by atoms with van der Waals surface area (Å²) in [7, 11) is -1.58. The zero-order valence-electron chi connectivity index (χ0n) is 13.6. The summed E-state index contributed by atoms with van der Waals surface area (Å²) in [5, 5.41) is 2.78. The van der Waals surface area contributed by atoms with Gasteiger partial charge in [0.1, 0.15) is 11.0 Å². The van der Waals surface area contributed by atoms with E-state index in [0.717, 1.165) is 30.7 Å². The number of benzene rings is 1. The van der Waals surface area contributed by atoms with Crippen molar-refractivity contribution in [3.63, 3.8) is 0 Å². The summed E-state index contributed by atoms with van der Waals surface area (Å²) >= 11 is 0. The molecule has 1 N–H and O–H groups in total. The standard InChI is InChI=1S/C16H26NO4P/c1-4-20-22(18,21-5-2)16(11-6-12-17-16)13-14-7-9-15(19-3)10-8-14/h7-10,17H,4-6,11-13H2,1-3H3. The minimum absolute atomic E-state index is 0.378. The van der Waals surface area contributed by atoms with Gasteiger partial charge in [0.15, 0.2) is 0 Å². The van der Waals surface area contributed by atoms with Crippen molar-refractivity contribution in [3.05, 3.63) is 29.8 Å². The van der Waals surface area contributed by atoms with Crippen molar-refractivity contribution in [1.29, 1.82) is 0 Å². The summed E-state index contributed by atoms with van der Waals surface area (Å²) in [4.78, 5) is 0. The van der Waals surface area contributed by atoms with Gasteiger partial charge in [-0.2, -0.15) is 0 Å². The summed E-state index contributed by atoms with van der Waals surface area (Å²) in [6.07, 6.45) is 2.38. The third kappa shape index (κ3) is 3.54. The van der Waals surface area contributed by atoms with Gasteiger partial charge < -0.3 is 19.1 Å². The number of hydrogen-bond acceptors (Lipinski definition) is 5. The number of hydrogen-bond donors (Lipinski definition) is 1. The smallest absolute Gasteiger partial charge is 0.350 e. The fraction of sp³-hybridized carbons (Fsp3) is 0.625. The maximum Gasteiger partial charge on any atom is 0.350 e. The predicted octanol–water partition coefficient (Wildman–Crippen LogP) is 3.58. The molecule has 1 unspecified atom stereocenters. The van der Waals surface area contributed by atoms with Crippen molar-refractivity contribution in [2.45, 2.75) is 38.4 Å². The van der Waals surface area contributed by atoms with E-state index in [9.17, 15) is 4.57 Å². The summed E-state index contributed by atoms with van der Waals surface area (Å²) < 4.78 is 29.8. The highest BCUT2D eigenvalue weighted by Crippen LogP contribution is 2.62. The van der Waals surface area contributed by atoms with Crippen LogP contribution in [0.2, 0.25) is 0 Å². The highest BCUT2D eigenvalue weighted by Gasteiger charge is 2.52. The lowest BCUT2D eigenvalue weighted by Gasteiger charge is -2.36. The van der Waals surface area contributed by atoms with Crippen molar-refractivity contribution < 1.29 is 18.3 Å². The molecule has 1 atom stereocenters. The molecule has 5 nitrogen and oxygen atoms in total. The second kappa shape index (κ2) is 7.60. The maximum atomic E-state index is 13.3. The third-order valence-electron chi connectivity index (χ3n) is 4.00. The second-order valence-corrected chi connectivity index (χ2v) is 7.79. The molecule has 22 heavy (non-hydrogen) atoms. The SMILES string of the molecule is CCOP(=O)(OCC)C1(Cc2ccc(OC)cc2)CCCN1. The van der Waals surface area contributed by atoms with E-state index in [1.807, 2.05) is 38.1 Å². The lowest BCUT2D eigenvalue weighted by atomic mass is 10.0. The zero-order valence-corrected chi connectivity index (χ0v) is 14.5. The number of nitrogens with one attached hydrogen (secondary N) is 1. The third-order valence-corrected chi connectivity index (χ3v) is 6.78. The minimum Gasteiger partial charge on any atom is -0.497 e. The van der Waals surface area contributed by atoms with Crippen LogP contribution in [0, 0.1) is 0 Å². The molecule has 1 fully saturated rings. The van der Waals surface area contributed by atoms with Crippen LogP contribution >= 0.6 is 7.60 Å². The van der Waals surface area contributed by atoms with Gasteiger partial charge >= 0.3 is 7.60 Å². The monoisotopic (exact) mass is 327 g/mol. The average molecular weight is 327 g/mol. The molecule has 1 aliphatic heterocycles. The van der Waals surface area contributed by atoms with Crippen LogP contribution in [0.5, 0.6) is 5.75 Å². The molecule has 0 radical (unpaired) electrons. The first-order valence-electron chi connectivity index (χ1n) is 7.86. The van der Waals surface area contributed by atoms with E-state index in [0.29, 0.717) is 19.6 Å². The van der Waals surface area contributed by atoms with Gasteiger partial charge in [-0.05, 0) is 50.9 Å². The van der Waals surface area contributed by atoms with E-state index in [-0.39, 0.29) is 0 Å². The highest BCUT2D eigenvalue weighted by molar-refractivity contribution is 7.55. The van der Waals surface area contributed by atoms with E-state index in [2.05, 4.69) is 5.32 Å². The molecule has 0 spiro atoms. The molecule has 0 aromatic heterocycles. The fourth-order valence-corrected chi connectivity index (χ4v) is 5.34.